The van der Waals surface area contributed by atoms with Gasteiger partial charge in [-0.15, -0.1) is 11.3 Å². The van der Waals surface area contributed by atoms with Crippen molar-refractivity contribution in [2.75, 3.05) is 26.2 Å². The molecule has 22 heavy (non-hydrogen) atoms. The number of nitrogens with zero attached hydrogens (tertiary/aromatic N) is 2. The van der Waals surface area contributed by atoms with Crippen molar-refractivity contribution in [2.24, 2.45) is 5.73 Å². The average molecular weight is 315 g/mol. The van der Waals surface area contributed by atoms with Crippen molar-refractivity contribution in [3.05, 3.63) is 58.3 Å². The van der Waals surface area contributed by atoms with Crippen LogP contribution in [0.2, 0.25) is 0 Å². The van der Waals surface area contributed by atoms with Crippen molar-refractivity contribution >= 4 is 11.3 Å². The first-order chi connectivity index (χ1) is 10.7. The first-order valence-electron chi connectivity index (χ1n) is 8.03. The fraction of sp³-hybridized carbons (Fsp3) is 0.444. The summed E-state index contributed by atoms with van der Waals surface area (Å²) in [4.78, 5) is 6.49. The van der Waals surface area contributed by atoms with Crippen LogP contribution in [0, 0.1) is 0 Å². The quantitative estimate of drug-likeness (QED) is 0.921. The molecule has 1 aromatic carbocycles. The first-order valence-corrected chi connectivity index (χ1v) is 8.91. The summed E-state index contributed by atoms with van der Waals surface area (Å²) in [5.41, 5.74) is 7.67. The first kappa shape index (κ1) is 15.7. The van der Waals surface area contributed by atoms with Crippen LogP contribution in [-0.4, -0.2) is 42.0 Å². The predicted octanol–water partition coefficient (Wildman–Crippen LogP) is 2.95. The van der Waals surface area contributed by atoms with E-state index < -0.39 is 0 Å². The smallest absolute Gasteiger partial charge is 0.0591 e. The molecule has 1 saturated heterocycles. The molecule has 0 amide bonds. The predicted molar refractivity (Wildman–Crippen MR) is 94.0 cm³/mol. The van der Waals surface area contributed by atoms with Gasteiger partial charge in [0.2, 0.25) is 0 Å². The minimum absolute atomic E-state index is 0.166. The third-order valence-electron chi connectivity index (χ3n) is 4.38. The minimum Gasteiger partial charge on any atom is -0.326 e. The van der Waals surface area contributed by atoms with Crippen LogP contribution in [-0.2, 0) is 6.54 Å². The van der Waals surface area contributed by atoms with Crippen LogP contribution in [0.25, 0.3) is 0 Å². The second kappa shape index (κ2) is 7.38. The number of thiophene rings is 1. The van der Waals surface area contributed by atoms with Crippen LogP contribution < -0.4 is 5.73 Å². The Kier molecular flexibility index (Phi) is 5.26. The molecule has 0 spiro atoms. The van der Waals surface area contributed by atoms with Crippen LogP contribution >= 0.6 is 11.3 Å². The Morgan fingerprint density at radius 3 is 2.36 bits per heavy atom. The SMILES string of the molecule is C[C@H](N)[C@@H](c1cccs1)N1CCN(Cc2ccccc2)CC1. The number of benzene rings is 1. The van der Waals surface area contributed by atoms with Crippen LogP contribution in [0.1, 0.15) is 23.4 Å². The van der Waals surface area contributed by atoms with Gasteiger partial charge in [0.15, 0.2) is 0 Å². The summed E-state index contributed by atoms with van der Waals surface area (Å²) in [6.07, 6.45) is 0. The molecule has 0 unspecified atom stereocenters. The number of rotatable bonds is 5. The molecular formula is C18H25N3S. The van der Waals surface area contributed by atoms with Gasteiger partial charge in [0, 0.05) is 43.6 Å². The highest BCUT2D eigenvalue weighted by molar-refractivity contribution is 7.10. The van der Waals surface area contributed by atoms with Crippen molar-refractivity contribution in [2.45, 2.75) is 25.6 Å². The highest BCUT2D eigenvalue weighted by Gasteiger charge is 2.28. The maximum atomic E-state index is 6.27. The van der Waals surface area contributed by atoms with Crippen LogP contribution in [0.15, 0.2) is 47.8 Å². The van der Waals surface area contributed by atoms with Crippen molar-refractivity contribution in [1.82, 2.24) is 9.80 Å². The minimum atomic E-state index is 0.166. The maximum absolute atomic E-state index is 6.27. The Morgan fingerprint density at radius 1 is 1.05 bits per heavy atom. The normalized spacial score (nSPS) is 19.9. The summed E-state index contributed by atoms with van der Waals surface area (Å²) in [7, 11) is 0. The topological polar surface area (TPSA) is 32.5 Å². The molecule has 1 fully saturated rings. The fourth-order valence-corrected chi connectivity index (χ4v) is 4.25. The second-order valence-corrected chi connectivity index (χ2v) is 7.10. The van der Waals surface area contributed by atoms with E-state index in [0.29, 0.717) is 6.04 Å². The number of piperazine rings is 1. The van der Waals surface area contributed by atoms with Gasteiger partial charge in [0.25, 0.3) is 0 Å². The number of nitrogens with two attached hydrogens (primary N) is 1. The summed E-state index contributed by atoms with van der Waals surface area (Å²) in [6.45, 7) is 7.60. The van der Waals surface area contributed by atoms with Gasteiger partial charge in [0.1, 0.15) is 0 Å². The van der Waals surface area contributed by atoms with Crippen molar-refractivity contribution in [3.8, 4) is 0 Å². The Bertz CT molecular complexity index is 545. The van der Waals surface area contributed by atoms with Gasteiger partial charge < -0.3 is 5.73 Å². The molecule has 2 aromatic rings. The van der Waals surface area contributed by atoms with Crippen LogP contribution in [0.4, 0.5) is 0 Å². The molecule has 0 saturated carbocycles. The van der Waals surface area contributed by atoms with E-state index in [-0.39, 0.29) is 6.04 Å². The van der Waals surface area contributed by atoms with E-state index in [1.54, 1.807) is 0 Å². The Hall–Kier alpha value is -1.20. The summed E-state index contributed by atoms with van der Waals surface area (Å²) in [5.74, 6) is 0. The zero-order valence-corrected chi connectivity index (χ0v) is 14.0. The van der Waals surface area contributed by atoms with Crippen molar-refractivity contribution < 1.29 is 0 Å². The largest absolute Gasteiger partial charge is 0.326 e. The zero-order chi connectivity index (χ0) is 15.4. The van der Waals surface area contributed by atoms with E-state index in [4.69, 9.17) is 5.73 Å². The maximum Gasteiger partial charge on any atom is 0.0591 e. The average Bonchev–Trinajstić information content (AvgIpc) is 3.04. The molecule has 0 bridgehead atoms. The second-order valence-electron chi connectivity index (χ2n) is 6.12. The molecule has 0 radical (unpaired) electrons. The lowest BCUT2D eigenvalue weighted by Gasteiger charge is -2.40. The summed E-state index contributed by atoms with van der Waals surface area (Å²) >= 11 is 1.82. The Labute approximate surface area is 137 Å². The van der Waals surface area contributed by atoms with E-state index >= 15 is 0 Å². The molecule has 2 heterocycles. The van der Waals surface area contributed by atoms with Gasteiger partial charge in [-0.1, -0.05) is 36.4 Å². The molecule has 1 aliphatic heterocycles. The van der Waals surface area contributed by atoms with Gasteiger partial charge >= 0.3 is 0 Å². The van der Waals surface area contributed by atoms with Crippen molar-refractivity contribution in [1.29, 1.82) is 0 Å². The standard InChI is InChI=1S/C18H25N3S/c1-15(19)18(17-8-5-13-22-17)21-11-9-20(10-12-21)14-16-6-3-2-4-7-16/h2-8,13,15,18H,9-12,14,19H2,1H3/t15-,18-/m0/s1. The molecule has 2 N–H and O–H groups in total. The molecule has 1 aliphatic rings. The lowest BCUT2D eigenvalue weighted by atomic mass is 10.1. The third-order valence-corrected chi connectivity index (χ3v) is 5.32. The molecule has 3 nitrogen and oxygen atoms in total. The van der Waals surface area contributed by atoms with E-state index in [9.17, 15) is 0 Å². The summed E-state index contributed by atoms with van der Waals surface area (Å²) in [6, 6.07) is 15.6. The van der Waals surface area contributed by atoms with E-state index in [1.165, 1.54) is 10.4 Å². The molecule has 0 aliphatic carbocycles. The molecule has 1 aromatic heterocycles. The third kappa shape index (κ3) is 3.76. The van der Waals surface area contributed by atoms with Gasteiger partial charge in [-0.05, 0) is 23.9 Å². The van der Waals surface area contributed by atoms with E-state index in [0.717, 1.165) is 32.7 Å². The fourth-order valence-electron chi connectivity index (χ4n) is 3.27. The number of hydrogen-bond acceptors (Lipinski definition) is 4. The molecule has 2 atom stereocenters. The van der Waals surface area contributed by atoms with Crippen LogP contribution in [0.5, 0.6) is 0 Å². The van der Waals surface area contributed by atoms with E-state index in [1.807, 2.05) is 11.3 Å². The van der Waals surface area contributed by atoms with Gasteiger partial charge in [-0.2, -0.15) is 0 Å². The summed E-state index contributed by atoms with van der Waals surface area (Å²) < 4.78 is 0. The lowest BCUT2D eigenvalue weighted by Crippen LogP contribution is -2.50. The highest BCUT2D eigenvalue weighted by Crippen LogP contribution is 2.28. The van der Waals surface area contributed by atoms with Crippen LogP contribution in [0.3, 0.4) is 0 Å². The van der Waals surface area contributed by atoms with Crippen molar-refractivity contribution in [3.63, 3.8) is 0 Å². The van der Waals surface area contributed by atoms with E-state index in [2.05, 4.69) is 64.6 Å². The molecule has 3 rings (SSSR count). The molecule has 118 valence electrons. The number of hydrogen-bond donors (Lipinski definition) is 1. The highest BCUT2D eigenvalue weighted by atomic mass is 32.1. The monoisotopic (exact) mass is 315 g/mol. The molecule has 4 heteroatoms. The zero-order valence-electron chi connectivity index (χ0n) is 13.2. The molecular weight excluding hydrogens is 290 g/mol. The van der Waals surface area contributed by atoms with Gasteiger partial charge in [-0.25, -0.2) is 0 Å². The lowest BCUT2D eigenvalue weighted by molar-refractivity contribution is 0.0842. The van der Waals surface area contributed by atoms with Gasteiger partial charge in [0.05, 0.1) is 6.04 Å². The summed E-state index contributed by atoms with van der Waals surface area (Å²) in [5, 5.41) is 2.15. The Morgan fingerprint density at radius 2 is 1.77 bits per heavy atom. The van der Waals surface area contributed by atoms with Gasteiger partial charge in [-0.3, -0.25) is 9.80 Å². The Balaban J connectivity index is 1.58.